The standard InChI is InChI=1S/C11H13IN2O2/c1-14(2)10(15)7-13-11(16)8-3-5-9(12)6-4-8/h3-6H,7H2,1-2H3,(H,13,16). The smallest absolute Gasteiger partial charge is 0.251 e. The van der Waals surface area contributed by atoms with E-state index in [4.69, 9.17) is 0 Å². The number of hydrogen-bond acceptors (Lipinski definition) is 2. The van der Waals surface area contributed by atoms with Crippen LogP contribution in [0.3, 0.4) is 0 Å². The number of hydrogen-bond donors (Lipinski definition) is 1. The predicted octanol–water partition coefficient (Wildman–Crippen LogP) is 1.11. The molecule has 0 atom stereocenters. The van der Waals surface area contributed by atoms with Crippen molar-refractivity contribution in [1.29, 1.82) is 0 Å². The highest BCUT2D eigenvalue weighted by Gasteiger charge is 2.08. The molecule has 5 heteroatoms. The van der Waals surface area contributed by atoms with Crippen molar-refractivity contribution in [3.05, 3.63) is 33.4 Å². The van der Waals surface area contributed by atoms with Crippen molar-refractivity contribution in [2.24, 2.45) is 0 Å². The van der Waals surface area contributed by atoms with Crippen LogP contribution in [-0.2, 0) is 4.79 Å². The highest BCUT2D eigenvalue weighted by molar-refractivity contribution is 14.1. The zero-order valence-electron chi connectivity index (χ0n) is 9.16. The molecule has 0 saturated carbocycles. The van der Waals surface area contributed by atoms with Crippen molar-refractivity contribution in [3.63, 3.8) is 0 Å². The fourth-order valence-electron chi connectivity index (χ4n) is 1.02. The normalized spacial score (nSPS) is 9.69. The van der Waals surface area contributed by atoms with Gasteiger partial charge in [0.1, 0.15) is 0 Å². The van der Waals surface area contributed by atoms with E-state index < -0.39 is 0 Å². The average Bonchev–Trinajstić information content (AvgIpc) is 2.26. The molecule has 16 heavy (non-hydrogen) atoms. The largest absolute Gasteiger partial charge is 0.347 e. The fraction of sp³-hybridized carbons (Fsp3) is 0.273. The van der Waals surface area contributed by atoms with Crippen molar-refractivity contribution >= 4 is 34.4 Å². The van der Waals surface area contributed by atoms with Gasteiger partial charge in [-0.25, -0.2) is 0 Å². The third-order valence-electron chi connectivity index (χ3n) is 2.01. The van der Waals surface area contributed by atoms with Crippen molar-refractivity contribution in [3.8, 4) is 0 Å². The Morgan fingerprint density at radius 1 is 1.25 bits per heavy atom. The van der Waals surface area contributed by atoms with E-state index in [1.165, 1.54) is 4.90 Å². The lowest BCUT2D eigenvalue weighted by Gasteiger charge is -2.10. The van der Waals surface area contributed by atoms with Gasteiger partial charge in [0.2, 0.25) is 5.91 Å². The minimum Gasteiger partial charge on any atom is -0.347 e. The molecule has 0 bridgehead atoms. The highest BCUT2D eigenvalue weighted by atomic mass is 127. The summed E-state index contributed by atoms with van der Waals surface area (Å²) in [5, 5.41) is 2.57. The Hall–Kier alpha value is -1.11. The molecular formula is C11H13IN2O2. The number of benzene rings is 1. The molecule has 1 N–H and O–H groups in total. The van der Waals surface area contributed by atoms with Gasteiger partial charge in [0.25, 0.3) is 5.91 Å². The molecule has 0 unspecified atom stereocenters. The molecule has 4 nitrogen and oxygen atoms in total. The summed E-state index contributed by atoms with van der Waals surface area (Å²) >= 11 is 2.17. The molecule has 0 aromatic heterocycles. The Morgan fingerprint density at radius 2 is 1.81 bits per heavy atom. The lowest BCUT2D eigenvalue weighted by molar-refractivity contribution is -0.127. The molecule has 0 heterocycles. The Balaban J connectivity index is 2.53. The molecule has 0 spiro atoms. The van der Waals surface area contributed by atoms with E-state index in [0.717, 1.165) is 3.57 Å². The summed E-state index contributed by atoms with van der Waals surface area (Å²) in [6.45, 7) is 0.0256. The molecule has 0 aliphatic carbocycles. The zero-order chi connectivity index (χ0) is 12.1. The van der Waals surface area contributed by atoms with Crippen molar-refractivity contribution < 1.29 is 9.59 Å². The minimum atomic E-state index is -0.230. The van der Waals surface area contributed by atoms with Gasteiger partial charge in [-0.15, -0.1) is 0 Å². The van der Waals surface area contributed by atoms with Crippen molar-refractivity contribution in [1.82, 2.24) is 10.2 Å². The summed E-state index contributed by atoms with van der Waals surface area (Å²) in [6, 6.07) is 7.17. The van der Waals surface area contributed by atoms with E-state index >= 15 is 0 Å². The molecule has 0 radical (unpaired) electrons. The number of rotatable bonds is 3. The number of halogens is 1. The van der Waals surface area contributed by atoms with Gasteiger partial charge in [-0.3, -0.25) is 9.59 Å². The summed E-state index contributed by atoms with van der Waals surface area (Å²) in [4.78, 5) is 24.3. The van der Waals surface area contributed by atoms with Gasteiger partial charge < -0.3 is 10.2 Å². The van der Waals surface area contributed by atoms with Crippen LogP contribution in [0.5, 0.6) is 0 Å². The van der Waals surface area contributed by atoms with Crippen molar-refractivity contribution in [2.75, 3.05) is 20.6 Å². The molecule has 0 fully saturated rings. The second-order valence-electron chi connectivity index (χ2n) is 3.48. The number of amides is 2. The lowest BCUT2D eigenvalue weighted by atomic mass is 10.2. The van der Waals surface area contributed by atoms with E-state index in [1.54, 1.807) is 26.2 Å². The summed E-state index contributed by atoms with van der Waals surface area (Å²) in [5.74, 6) is -0.356. The average molecular weight is 332 g/mol. The van der Waals surface area contributed by atoms with Gasteiger partial charge in [0.05, 0.1) is 6.54 Å². The van der Waals surface area contributed by atoms with E-state index in [-0.39, 0.29) is 18.4 Å². The first-order valence-electron chi connectivity index (χ1n) is 4.74. The van der Waals surface area contributed by atoms with Crippen molar-refractivity contribution in [2.45, 2.75) is 0 Å². The van der Waals surface area contributed by atoms with Crippen LogP contribution >= 0.6 is 22.6 Å². The van der Waals surface area contributed by atoms with Gasteiger partial charge in [0, 0.05) is 23.2 Å². The molecule has 1 aromatic rings. The molecule has 0 aliphatic heterocycles. The van der Waals surface area contributed by atoms with Crippen LogP contribution < -0.4 is 5.32 Å². The first-order valence-corrected chi connectivity index (χ1v) is 5.82. The number of nitrogens with zero attached hydrogens (tertiary/aromatic N) is 1. The maximum atomic E-state index is 11.6. The topological polar surface area (TPSA) is 49.4 Å². The van der Waals surface area contributed by atoms with Crippen LogP contribution in [0, 0.1) is 3.57 Å². The number of nitrogens with one attached hydrogen (secondary N) is 1. The zero-order valence-corrected chi connectivity index (χ0v) is 11.3. The van der Waals surface area contributed by atoms with E-state index in [0.29, 0.717) is 5.56 Å². The third-order valence-corrected chi connectivity index (χ3v) is 2.72. The molecular weight excluding hydrogens is 319 g/mol. The van der Waals surface area contributed by atoms with Gasteiger partial charge in [-0.1, -0.05) is 0 Å². The van der Waals surface area contributed by atoms with Gasteiger partial charge >= 0.3 is 0 Å². The molecule has 2 amide bonds. The Kier molecular flexibility index (Phi) is 4.72. The van der Waals surface area contributed by atoms with Gasteiger partial charge in [0.15, 0.2) is 0 Å². The van der Waals surface area contributed by atoms with Gasteiger partial charge in [-0.05, 0) is 46.9 Å². The molecule has 1 aromatic carbocycles. The van der Waals surface area contributed by atoms with Crippen LogP contribution in [0.2, 0.25) is 0 Å². The number of likely N-dealkylation sites (N-methyl/N-ethyl adjacent to an activating group) is 1. The van der Waals surface area contributed by atoms with E-state index in [2.05, 4.69) is 27.9 Å². The number of carbonyl (C=O) groups excluding carboxylic acids is 2. The molecule has 0 saturated heterocycles. The maximum Gasteiger partial charge on any atom is 0.251 e. The van der Waals surface area contributed by atoms with Crippen LogP contribution in [0.15, 0.2) is 24.3 Å². The quantitative estimate of drug-likeness (QED) is 0.843. The fourth-order valence-corrected chi connectivity index (χ4v) is 1.38. The summed E-state index contributed by atoms with van der Waals surface area (Å²) < 4.78 is 1.07. The summed E-state index contributed by atoms with van der Waals surface area (Å²) in [5.41, 5.74) is 0.562. The van der Waals surface area contributed by atoms with Crippen LogP contribution in [0.1, 0.15) is 10.4 Å². The SMILES string of the molecule is CN(C)C(=O)CNC(=O)c1ccc(I)cc1. The second kappa shape index (κ2) is 5.83. The van der Waals surface area contributed by atoms with E-state index in [9.17, 15) is 9.59 Å². The van der Waals surface area contributed by atoms with E-state index in [1.807, 2.05) is 12.1 Å². The minimum absolute atomic E-state index is 0.0256. The maximum absolute atomic E-state index is 11.6. The lowest BCUT2D eigenvalue weighted by Crippen LogP contribution is -2.36. The second-order valence-corrected chi connectivity index (χ2v) is 4.72. The Morgan fingerprint density at radius 3 is 2.31 bits per heavy atom. The molecule has 1 rings (SSSR count). The number of carbonyl (C=O) groups is 2. The van der Waals surface area contributed by atoms with Gasteiger partial charge in [-0.2, -0.15) is 0 Å². The Bertz CT molecular complexity index is 387. The highest BCUT2D eigenvalue weighted by Crippen LogP contribution is 2.06. The van der Waals surface area contributed by atoms with Crippen LogP contribution in [-0.4, -0.2) is 37.4 Å². The molecule has 0 aliphatic rings. The third kappa shape index (κ3) is 3.80. The van der Waals surface area contributed by atoms with Crippen LogP contribution in [0.4, 0.5) is 0 Å². The Labute approximate surface area is 108 Å². The predicted molar refractivity (Wildman–Crippen MR) is 70.2 cm³/mol. The first kappa shape index (κ1) is 13.0. The monoisotopic (exact) mass is 332 g/mol. The first-order chi connectivity index (χ1) is 7.50. The summed E-state index contributed by atoms with van der Waals surface area (Å²) in [7, 11) is 3.30. The molecule has 86 valence electrons. The summed E-state index contributed by atoms with van der Waals surface area (Å²) in [6.07, 6.45) is 0. The van der Waals surface area contributed by atoms with Crippen LogP contribution in [0.25, 0.3) is 0 Å².